The highest BCUT2D eigenvalue weighted by molar-refractivity contribution is 5.76. The summed E-state index contributed by atoms with van der Waals surface area (Å²) in [6, 6.07) is 0. The zero-order valence-corrected chi connectivity index (χ0v) is 12.0. The molecule has 6 heteroatoms. The third kappa shape index (κ3) is 9.76. The zero-order chi connectivity index (χ0) is 15.3. The Hall–Kier alpha value is -0.780. The molecule has 0 fully saturated rings. The summed E-state index contributed by atoms with van der Waals surface area (Å²) in [5.41, 5.74) is 0.0333. The van der Waals surface area contributed by atoms with Gasteiger partial charge in [-0.25, -0.2) is 0 Å². The molecule has 0 rings (SSSR count). The van der Waals surface area contributed by atoms with Crippen LogP contribution in [0, 0.1) is 11.3 Å². The summed E-state index contributed by atoms with van der Waals surface area (Å²) in [6.07, 6.45) is -3.59. The van der Waals surface area contributed by atoms with Gasteiger partial charge in [-0.2, -0.15) is 13.2 Å². The Kier molecular flexibility index (Phi) is 6.83. The fraction of sp³-hybridized carbons (Fsp3) is 0.923. The standard InChI is InChI=1S/C13H24F3NO2/c1-10(8-12(2,3)4)7-11(19)17(5-6-18)9-13(14,15)16/h10,18H,5-9H2,1-4H3. The van der Waals surface area contributed by atoms with Crippen molar-refractivity contribution < 1.29 is 23.1 Å². The Morgan fingerprint density at radius 3 is 2.16 bits per heavy atom. The predicted octanol–water partition coefficient (Wildman–Crippen LogP) is 2.83. The molecule has 0 aromatic rings. The quantitative estimate of drug-likeness (QED) is 0.814. The second-order valence-electron chi connectivity index (χ2n) is 6.23. The van der Waals surface area contributed by atoms with Crippen LogP contribution in [0.4, 0.5) is 13.2 Å². The van der Waals surface area contributed by atoms with E-state index in [0.29, 0.717) is 4.90 Å². The number of carbonyl (C=O) groups is 1. The van der Waals surface area contributed by atoms with Crippen molar-refractivity contribution in [3.63, 3.8) is 0 Å². The van der Waals surface area contributed by atoms with Crippen molar-refractivity contribution in [1.82, 2.24) is 4.90 Å². The lowest BCUT2D eigenvalue weighted by Crippen LogP contribution is -2.41. The maximum absolute atomic E-state index is 12.3. The van der Waals surface area contributed by atoms with Gasteiger partial charge >= 0.3 is 6.18 Å². The summed E-state index contributed by atoms with van der Waals surface area (Å²) in [6.45, 7) is 5.89. The van der Waals surface area contributed by atoms with Crippen LogP contribution in [-0.4, -0.2) is 41.8 Å². The summed E-state index contributed by atoms with van der Waals surface area (Å²) in [4.78, 5) is 12.5. The van der Waals surface area contributed by atoms with Crippen LogP contribution in [0.25, 0.3) is 0 Å². The molecular formula is C13H24F3NO2. The van der Waals surface area contributed by atoms with Crippen LogP contribution >= 0.6 is 0 Å². The van der Waals surface area contributed by atoms with E-state index in [1.54, 1.807) is 0 Å². The van der Waals surface area contributed by atoms with Crippen LogP contribution in [0.15, 0.2) is 0 Å². The molecule has 0 spiro atoms. The minimum atomic E-state index is -4.43. The lowest BCUT2D eigenvalue weighted by molar-refractivity contribution is -0.162. The minimum absolute atomic E-state index is 0.0157. The van der Waals surface area contributed by atoms with Crippen LogP contribution in [0.2, 0.25) is 0 Å². The number of amides is 1. The molecule has 19 heavy (non-hydrogen) atoms. The number of hydrogen-bond donors (Lipinski definition) is 1. The number of rotatable bonds is 6. The molecule has 0 aromatic heterocycles. The van der Waals surface area contributed by atoms with Gasteiger partial charge in [0, 0.05) is 13.0 Å². The third-order valence-corrected chi connectivity index (χ3v) is 2.58. The maximum Gasteiger partial charge on any atom is 0.406 e. The van der Waals surface area contributed by atoms with Gasteiger partial charge in [-0.05, 0) is 17.8 Å². The van der Waals surface area contributed by atoms with Crippen LogP contribution in [0.1, 0.15) is 40.5 Å². The first-order valence-corrected chi connectivity index (χ1v) is 6.40. The van der Waals surface area contributed by atoms with Crippen molar-refractivity contribution in [2.24, 2.45) is 11.3 Å². The van der Waals surface area contributed by atoms with Gasteiger partial charge in [-0.1, -0.05) is 27.7 Å². The highest BCUT2D eigenvalue weighted by Crippen LogP contribution is 2.26. The number of halogens is 3. The van der Waals surface area contributed by atoms with Crippen molar-refractivity contribution >= 4 is 5.91 Å². The fourth-order valence-corrected chi connectivity index (χ4v) is 2.17. The van der Waals surface area contributed by atoms with Crippen LogP contribution in [0.3, 0.4) is 0 Å². The molecule has 1 atom stereocenters. The molecule has 0 bridgehead atoms. The van der Waals surface area contributed by atoms with E-state index in [0.717, 1.165) is 6.42 Å². The molecule has 0 saturated heterocycles. The number of alkyl halides is 3. The Labute approximate surface area is 112 Å². The van der Waals surface area contributed by atoms with Crippen molar-refractivity contribution in [1.29, 1.82) is 0 Å². The van der Waals surface area contributed by atoms with E-state index in [9.17, 15) is 18.0 Å². The zero-order valence-electron chi connectivity index (χ0n) is 12.0. The molecule has 0 aliphatic rings. The van der Waals surface area contributed by atoms with Gasteiger partial charge in [0.2, 0.25) is 5.91 Å². The van der Waals surface area contributed by atoms with Gasteiger partial charge in [-0.3, -0.25) is 4.79 Å². The molecule has 0 heterocycles. The lowest BCUT2D eigenvalue weighted by atomic mass is 9.84. The third-order valence-electron chi connectivity index (χ3n) is 2.58. The molecule has 0 saturated carbocycles. The van der Waals surface area contributed by atoms with E-state index in [1.165, 1.54) is 0 Å². The molecule has 0 radical (unpaired) electrons. The second-order valence-corrected chi connectivity index (χ2v) is 6.23. The number of aliphatic hydroxyl groups excluding tert-OH is 1. The van der Waals surface area contributed by atoms with Gasteiger partial charge in [0.1, 0.15) is 6.54 Å². The molecule has 114 valence electrons. The summed E-state index contributed by atoms with van der Waals surface area (Å²) in [5.74, 6) is -0.537. The summed E-state index contributed by atoms with van der Waals surface area (Å²) in [7, 11) is 0. The Morgan fingerprint density at radius 2 is 1.79 bits per heavy atom. The summed E-state index contributed by atoms with van der Waals surface area (Å²) >= 11 is 0. The van der Waals surface area contributed by atoms with Crippen molar-refractivity contribution in [3.8, 4) is 0 Å². The first-order valence-electron chi connectivity index (χ1n) is 6.40. The average Bonchev–Trinajstić information content (AvgIpc) is 2.11. The molecule has 1 N–H and O–H groups in total. The largest absolute Gasteiger partial charge is 0.406 e. The van der Waals surface area contributed by atoms with E-state index in [1.807, 2.05) is 27.7 Å². The van der Waals surface area contributed by atoms with Gasteiger partial charge < -0.3 is 10.0 Å². The first-order chi connectivity index (χ1) is 8.44. The molecular weight excluding hydrogens is 259 g/mol. The van der Waals surface area contributed by atoms with E-state index in [-0.39, 0.29) is 24.3 Å². The molecule has 0 aliphatic heterocycles. The van der Waals surface area contributed by atoms with Crippen LogP contribution < -0.4 is 0 Å². The SMILES string of the molecule is CC(CC(=O)N(CCO)CC(F)(F)F)CC(C)(C)C. The maximum atomic E-state index is 12.3. The minimum Gasteiger partial charge on any atom is -0.395 e. The molecule has 0 aliphatic carbocycles. The normalized spacial score (nSPS) is 14.3. The Morgan fingerprint density at radius 1 is 1.26 bits per heavy atom. The highest BCUT2D eigenvalue weighted by atomic mass is 19.4. The van der Waals surface area contributed by atoms with Gasteiger partial charge in [0.05, 0.1) is 6.61 Å². The van der Waals surface area contributed by atoms with Crippen molar-refractivity contribution in [3.05, 3.63) is 0 Å². The van der Waals surface area contributed by atoms with Crippen LogP contribution in [0.5, 0.6) is 0 Å². The van der Waals surface area contributed by atoms with Crippen molar-refractivity contribution in [2.75, 3.05) is 19.7 Å². The number of hydrogen-bond acceptors (Lipinski definition) is 2. The average molecular weight is 283 g/mol. The molecule has 0 aromatic carbocycles. The summed E-state index contributed by atoms with van der Waals surface area (Å²) in [5, 5.41) is 8.74. The molecule has 1 unspecified atom stereocenters. The second kappa shape index (κ2) is 7.12. The van der Waals surface area contributed by atoms with Crippen molar-refractivity contribution in [2.45, 2.75) is 46.7 Å². The van der Waals surface area contributed by atoms with Crippen LogP contribution in [-0.2, 0) is 4.79 Å². The van der Waals surface area contributed by atoms with Gasteiger partial charge in [0.15, 0.2) is 0 Å². The van der Waals surface area contributed by atoms with E-state index < -0.39 is 25.2 Å². The molecule has 3 nitrogen and oxygen atoms in total. The summed E-state index contributed by atoms with van der Waals surface area (Å²) < 4.78 is 37.0. The highest BCUT2D eigenvalue weighted by Gasteiger charge is 2.33. The number of carbonyl (C=O) groups excluding carboxylic acids is 1. The fourth-order valence-electron chi connectivity index (χ4n) is 2.17. The van der Waals surface area contributed by atoms with E-state index >= 15 is 0 Å². The number of aliphatic hydroxyl groups is 1. The number of nitrogens with zero attached hydrogens (tertiary/aromatic N) is 1. The monoisotopic (exact) mass is 283 g/mol. The topological polar surface area (TPSA) is 40.5 Å². The van der Waals surface area contributed by atoms with Gasteiger partial charge in [0.25, 0.3) is 0 Å². The van der Waals surface area contributed by atoms with Gasteiger partial charge in [-0.15, -0.1) is 0 Å². The predicted molar refractivity (Wildman–Crippen MR) is 67.6 cm³/mol. The Bertz CT molecular complexity index is 285. The lowest BCUT2D eigenvalue weighted by Gasteiger charge is -2.27. The van der Waals surface area contributed by atoms with E-state index in [4.69, 9.17) is 5.11 Å². The first kappa shape index (κ1) is 18.2. The Balaban J connectivity index is 4.48. The van der Waals surface area contributed by atoms with E-state index in [2.05, 4.69) is 0 Å². The molecule has 1 amide bonds. The smallest absolute Gasteiger partial charge is 0.395 e.